The van der Waals surface area contributed by atoms with Crippen LogP contribution in [0.1, 0.15) is 5.56 Å². The van der Waals surface area contributed by atoms with E-state index >= 15 is 0 Å². The number of halogens is 2. The number of nitrogens with zero attached hydrogens (tertiary/aromatic N) is 3. The van der Waals surface area contributed by atoms with E-state index in [0.717, 1.165) is 15.8 Å². The third kappa shape index (κ3) is 4.20. The van der Waals surface area contributed by atoms with E-state index in [1.165, 1.54) is 28.9 Å². The Hall–Kier alpha value is -2.45. The summed E-state index contributed by atoms with van der Waals surface area (Å²) in [7, 11) is 3.48. The molecule has 0 saturated heterocycles. The van der Waals surface area contributed by atoms with Gasteiger partial charge in [0.2, 0.25) is 5.89 Å². The van der Waals surface area contributed by atoms with Gasteiger partial charge >= 0.3 is 5.76 Å². The summed E-state index contributed by atoms with van der Waals surface area (Å²) in [5, 5.41) is 4.18. The quantitative estimate of drug-likeness (QED) is 0.609. The molecule has 0 atom stereocenters. The minimum absolute atomic E-state index is 0.156. The van der Waals surface area contributed by atoms with Crippen molar-refractivity contribution >= 4 is 15.9 Å². The average molecular weight is 422 g/mol. The molecule has 0 amide bonds. The first-order chi connectivity index (χ1) is 12.5. The number of hydrogen-bond acceptors (Lipinski definition) is 5. The zero-order valence-electron chi connectivity index (χ0n) is 14.3. The second kappa shape index (κ2) is 7.84. The van der Waals surface area contributed by atoms with E-state index < -0.39 is 5.76 Å². The molecular weight excluding hydrogens is 405 g/mol. The van der Waals surface area contributed by atoms with Crippen LogP contribution in [0.25, 0.3) is 11.5 Å². The van der Waals surface area contributed by atoms with Crippen molar-refractivity contribution in [3.63, 3.8) is 0 Å². The monoisotopic (exact) mass is 421 g/mol. The van der Waals surface area contributed by atoms with E-state index in [2.05, 4.69) is 21.0 Å². The van der Waals surface area contributed by atoms with Crippen molar-refractivity contribution in [2.45, 2.75) is 13.2 Å². The van der Waals surface area contributed by atoms with Gasteiger partial charge in [0.25, 0.3) is 0 Å². The van der Waals surface area contributed by atoms with Crippen LogP contribution in [0.2, 0.25) is 0 Å². The molecular formula is C18H17BrFN3O3. The fourth-order valence-electron chi connectivity index (χ4n) is 2.54. The number of benzene rings is 2. The van der Waals surface area contributed by atoms with Crippen LogP contribution in [0.5, 0.6) is 5.75 Å². The van der Waals surface area contributed by atoms with Crippen LogP contribution >= 0.6 is 15.9 Å². The Labute approximate surface area is 157 Å². The lowest BCUT2D eigenvalue weighted by Crippen LogP contribution is -2.28. The number of methoxy groups -OCH3 is 1. The van der Waals surface area contributed by atoms with Gasteiger partial charge in [0, 0.05) is 22.1 Å². The summed E-state index contributed by atoms with van der Waals surface area (Å²) in [6.07, 6.45) is 0. The van der Waals surface area contributed by atoms with Crippen LogP contribution in [-0.4, -0.2) is 28.8 Å². The third-order valence-electron chi connectivity index (χ3n) is 3.76. The van der Waals surface area contributed by atoms with E-state index in [-0.39, 0.29) is 18.4 Å². The van der Waals surface area contributed by atoms with E-state index in [1.807, 2.05) is 30.1 Å². The van der Waals surface area contributed by atoms with Crippen LogP contribution in [0.3, 0.4) is 0 Å². The summed E-state index contributed by atoms with van der Waals surface area (Å²) in [5.74, 6) is -0.0152. The van der Waals surface area contributed by atoms with Crippen LogP contribution in [-0.2, 0) is 13.2 Å². The van der Waals surface area contributed by atoms with Gasteiger partial charge in [-0.05, 0) is 49.5 Å². The topological polar surface area (TPSA) is 60.5 Å². The van der Waals surface area contributed by atoms with Crippen molar-refractivity contribution in [1.29, 1.82) is 0 Å². The predicted molar refractivity (Wildman–Crippen MR) is 98.3 cm³/mol. The van der Waals surface area contributed by atoms with E-state index in [9.17, 15) is 9.18 Å². The lowest BCUT2D eigenvalue weighted by atomic mass is 10.2. The molecule has 8 heteroatoms. The molecule has 0 bridgehead atoms. The molecule has 2 aromatic carbocycles. The molecule has 0 aliphatic heterocycles. The van der Waals surface area contributed by atoms with E-state index in [1.54, 1.807) is 7.11 Å². The molecule has 26 heavy (non-hydrogen) atoms. The predicted octanol–water partition coefficient (Wildman–Crippen LogP) is 3.50. The van der Waals surface area contributed by atoms with Gasteiger partial charge in [0.1, 0.15) is 18.2 Å². The van der Waals surface area contributed by atoms with Gasteiger partial charge in [0.15, 0.2) is 0 Å². The molecule has 0 saturated carbocycles. The van der Waals surface area contributed by atoms with Gasteiger partial charge in [-0.1, -0.05) is 15.9 Å². The highest BCUT2D eigenvalue weighted by Crippen LogP contribution is 2.24. The Morgan fingerprint density at radius 1 is 1.27 bits per heavy atom. The summed E-state index contributed by atoms with van der Waals surface area (Å²) in [6, 6.07) is 11.4. The maximum atomic E-state index is 13.0. The molecule has 0 spiro atoms. The number of aromatic nitrogens is 2. The second-order valence-electron chi connectivity index (χ2n) is 5.79. The largest absolute Gasteiger partial charge is 0.496 e. The first-order valence-electron chi connectivity index (χ1n) is 7.81. The van der Waals surface area contributed by atoms with Gasteiger partial charge in [-0.25, -0.2) is 9.18 Å². The second-order valence-corrected chi connectivity index (χ2v) is 6.71. The maximum absolute atomic E-state index is 13.0. The Morgan fingerprint density at radius 3 is 2.69 bits per heavy atom. The Balaban J connectivity index is 1.76. The van der Waals surface area contributed by atoms with Crippen LogP contribution in [0, 0.1) is 5.82 Å². The molecule has 1 aromatic heterocycles. The van der Waals surface area contributed by atoms with Crippen LogP contribution < -0.4 is 10.5 Å². The molecule has 0 aliphatic carbocycles. The zero-order valence-corrected chi connectivity index (χ0v) is 15.9. The van der Waals surface area contributed by atoms with Gasteiger partial charge in [-0.15, -0.1) is 5.10 Å². The lowest BCUT2D eigenvalue weighted by molar-refractivity contribution is 0.233. The highest BCUT2D eigenvalue weighted by molar-refractivity contribution is 9.10. The number of hydrogen-bond donors (Lipinski definition) is 0. The van der Waals surface area contributed by atoms with E-state index in [0.29, 0.717) is 12.1 Å². The average Bonchev–Trinajstić information content (AvgIpc) is 2.96. The SMILES string of the molecule is COc1ccc(Br)cc1CN(C)Cn1nc(-c2ccc(F)cc2)oc1=O. The summed E-state index contributed by atoms with van der Waals surface area (Å²) in [4.78, 5) is 14.0. The van der Waals surface area contributed by atoms with Crippen molar-refractivity contribution in [3.8, 4) is 17.2 Å². The molecule has 0 radical (unpaired) electrons. The molecule has 0 aliphatic rings. The molecule has 3 aromatic rings. The molecule has 0 N–H and O–H groups in total. The number of rotatable bonds is 6. The minimum atomic E-state index is -0.572. The fourth-order valence-corrected chi connectivity index (χ4v) is 2.95. The molecule has 1 heterocycles. The van der Waals surface area contributed by atoms with Crippen LogP contribution in [0.4, 0.5) is 4.39 Å². The Morgan fingerprint density at radius 2 is 2.00 bits per heavy atom. The summed E-state index contributed by atoms with van der Waals surface area (Å²) < 4.78 is 25.7. The standard InChI is InChI=1S/C18H17BrFN3O3/c1-22(10-13-9-14(19)5-8-16(13)25-2)11-23-18(24)26-17(21-23)12-3-6-15(20)7-4-12/h3-9H,10-11H2,1-2H3. The highest BCUT2D eigenvalue weighted by Gasteiger charge is 2.13. The number of ether oxygens (including phenoxy) is 1. The van der Waals surface area contributed by atoms with Crippen LogP contribution in [0.15, 0.2) is 56.1 Å². The van der Waals surface area contributed by atoms with Gasteiger partial charge in [-0.2, -0.15) is 4.68 Å². The maximum Gasteiger partial charge on any atom is 0.438 e. The van der Waals surface area contributed by atoms with Crippen molar-refractivity contribution < 1.29 is 13.5 Å². The molecule has 0 unspecified atom stereocenters. The molecule has 3 rings (SSSR count). The van der Waals surface area contributed by atoms with Gasteiger partial charge in [0.05, 0.1) is 7.11 Å². The van der Waals surface area contributed by atoms with Gasteiger partial charge in [-0.3, -0.25) is 4.90 Å². The van der Waals surface area contributed by atoms with Crippen molar-refractivity contribution in [3.05, 3.63) is 68.9 Å². The van der Waals surface area contributed by atoms with Gasteiger partial charge < -0.3 is 9.15 Å². The zero-order chi connectivity index (χ0) is 18.7. The fraction of sp³-hybridized carbons (Fsp3) is 0.222. The van der Waals surface area contributed by atoms with E-state index in [4.69, 9.17) is 9.15 Å². The minimum Gasteiger partial charge on any atom is -0.496 e. The first kappa shape index (κ1) is 18.3. The Bertz CT molecular complexity index is 953. The summed E-state index contributed by atoms with van der Waals surface area (Å²) in [5.41, 5.74) is 1.51. The first-order valence-corrected chi connectivity index (χ1v) is 8.60. The summed E-state index contributed by atoms with van der Waals surface area (Å²) >= 11 is 3.44. The Kier molecular flexibility index (Phi) is 5.53. The summed E-state index contributed by atoms with van der Waals surface area (Å²) in [6.45, 7) is 0.785. The van der Waals surface area contributed by atoms with Crippen molar-refractivity contribution in [2.75, 3.05) is 14.2 Å². The molecule has 136 valence electrons. The van der Waals surface area contributed by atoms with Crippen molar-refractivity contribution in [1.82, 2.24) is 14.7 Å². The normalized spacial score (nSPS) is 11.1. The molecule has 6 nitrogen and oxygen atoms in total. The third-order valence-corrected chi connectivity index (χ3v) is 4.25. The lowest BCUT2D eigenvalue weighted by Gasteiger charge is -2.17. The highest BCUT2D eigenvalue weighted by atomic mass is 79.9. The smallest absolute Gasteiger partial charge is 0.438 e. The van der Waals surface area contributed by atoms with Crippen molar-refractivity contribution in [2.24, 2.45) is 0 Å². The molecule has 0 fully saturated rings.